The first-order chi connectivity index (χ1) is 10.0. The summed E-state index contributed by atoms with van der Waals surface area (Å²) in [5.41, 5.74) is 4.01. The van der Waals surface area contributed by atoms with Crippen molar-refractivity contribution in [3.8, 4) is 0 Å². The molecule has 2 aliphatic heterocycles. The molecule has 3 N–H and O–H groups in total. The Balaban J connectivity index is 2.00. The first-order valence-corrected chi connectivity index (χ1v) is 8.96. The second kappa shape index (κ2) is 5.53. The van der Waals surface area contributed by atoms with Gasteiger partial charge in [-0.3, -0.25) is 14.4 Å². The number of carbonyl (C=O) groups is 3. The standard InChI is InChI=1S/C13H21N3O5S/c1-13(2,12(14)19)15-11(18)8-5-10(17)16(6-8)9-3-4-22(20,21)7-9/h8-9H,3-7H2,1-2H3,(H2,14,19)(H,15,18). The molecule has 0 aromatic carbocycles. The molecule has 124 valence electrons. The molecular weight excluding hydrogens is 310 g/mol. The normalized spacial score (nSPS) is 27.9. The number of likely N-dealkylation sites (tertiary alicyclic amines) is 1. The summed E-state index contributed by atoms with van der Waals surface area (Å²) in [6, 6.07) is -0.348. The van der Waals surface area contributed by atoms with Crippen molar-refractivity contribution >= 4 is 27.6 Å². The molecule has 0 aliphatic carbocycles. The van der Waals surface area contributed by atoms with Crippen LogP contribution < -0.4 is 11.1 Å². The first-order valence-electron chi connectivity index (χ1n) is 7.13. The van der Waals surface area contributed by atoms with Crippen LogP contribution in [0.1, 0.15) is 26.7 Å². The van der Waals surface area contributed by atoms with Crippen LogP contribution in [0.4, 0.5) is 0 Å². The molecule has 2 aliphatic rings. The van der Waals surface area contributed by atoms with Gasteiger partial charge in [0.05, 0.1) is 17.4 Å². The highest BCUT2D eigenvalue weighted by molar-refractivity contribution is 7.91. The molecule has 0 spiro atoms. The van der Waals surface area contributed by atoms with Gasteiger partial charge in [-0.1, -0.05) is 0 Å². The Morgan fingerprint density at radius 3 is 2.50 bits per heavy atom. The summed E-state index contributed by atoms with van der Waals surface area (Å²) in [5.74, 6) is -1.86. The fourth-order valence-electron chi connectivity index (χ4n) is 2.75. The Labute approximate surface area is 129 Å². The van der Waals surface area contributed by atoms with Crippen LogP contribution in [0.25, 0.3) is 0 Å². The molecule has 22 heavy (non-hydrogen) atoms. The lowest BCUT2D eigenvalue weighted by atomic mass is 10.0. The van der Waals surface area contributed by atoms with Crippen LogP contribution in [-0.2, 0) is 24.2 Å². The summed E-state index contributed by atoms with van der Waals surface area (Å²) in [4.78, 5) is 37.0. The molecule has 0 aromatic heterocycles. The zero-order valence-electron chi connectivity index (χ0n) is 12.7. The van der Waals surface area contributed by atoms with Crippen LogP contribution in [0.3, 0.4) is 0 Å². The van der Waals surface area contributed by atoms with E-state index in [2.05, 4.69) is 5.32 Å². The van der Waals surface area contributed by atoms with Crippen LogP contribution in [0.2, 0.25) is 0 Å². The molecular formula is C13H21N3O5S. The lowest BCUT2D eigenvalue weighted by Crippen LogP contribution is -2.54. The van der Waals surface area contributed by atoms with Crippen LogP contribution in [0.15, 0.2) is 0 Å². The minimum Gasteiger partial charge on any atom is -0.368 e. The third-order valence-electron chi connectivity index (χ3n) is 4.23. The van der Waals surface area contributed by atoms with Gasteiger partial charge < -0.3 is 16.0 Å². The zero-order chi connectivity index (χ0) is 16.7. The van der Waals surface area contributed by atoms with Crippen molar-refractivity contribution in [3.05, 3.63) is 0 Å². The van der Waals surface area contributed by atoms with Crippen LogP contribution in [-0.4, -0.2) is 60.7 Å². The maximum atomic E-state index is 12.2. The van der Waals surface area contributed by atoms with Gasteiger partial charge in [-0.25, -0.2) is 8.42 Å². The Morgan fingerprint density at radius 2 is 2.00 bits per heavy atom. The maximum Gasteiger partial charge on any atom is 0.242 e. The fraction of sp³-hybridized carbons (Fsp3) is 0.769. The topological polar surface area (TPSA) is 127 Å². The van der Waals surface area contributed by atoms with Gasteiger partial charge in [-0.15, -0.1) is 0 Å². The number of rotatable bonds is 4. The molecule has 2 heterocycles. The van der Waals surface area contributed by atoms with Gasteiger partial charge in [0.2, 0.25) is 17.7 Å². The van der Waals surface area contributed by atoms with Crippen molar-refractivity contribution in [1.29, 1.82) is 0 Å². The van der Waals surface area contributed by atoms with E-state index in [4.69, 9.17) is 5.73 Å². The van der Waals surface area contributed by atoms with Gasteiger partial charge in [0, 0.05) is 19.0 Å². The first kappa shape index (κ1) is 16.7. The number of carbonyl (C=O) groups excluding carboxylic acids is 3. The molecule has 2 rings (SSSR count). The van der Waals surface area contributed by atoms with Gasteiger partial charge in [0.1, 0.15) is 5.54 Å². The summed E-state index contributed by atoms with van der Waals surface area (Å²) >= 11 is 0. The Kier molecular flexibility index (Phi) is 4.20. The molecule has 2 unspecified atom stereocenters. The summed E-state index contributed by atoms with van der Waals surface area (Å²) in [5, 5.41) is 2.53. The van der Waals surface area contributed by atoms with Crippen LogP contribution in [0.5, 0.6) is 0 Å². The molecule has 8 nitrogen and oxygen atoms in total. The van der Waals surface area contributed by atoms with Crippen molar-refractivity contribution in [3.63, 3.8) is 0 Å². The lowest BCUT2D eigenvalue weighted by molar-refractivity contribution is -0.132. The second-order valence-corrected chi connectivity index (χ2v) is 8.71. The van der Waals surface area contributed by atoms with E-state index < -0.39 is 33.1 Å². The third kappa shape index (κ3) is 3.40. The highest BCUT2D eigenvalue weighted by Crippen LogP contribution is 2.26. The van der Waals surface area contributed by atoms with Gasteiger partial charge in [0.25, 0.3) is 0 Å². The third-order valence-corrected chi connectivity index (χ3v) is 5.98. The largest absolute Gasteiger partial charge is 0.368 e. The number of nitrogens with two attached hydrogens (primary N) is 1. The SMILES string of the molecule is CC(C)(NC(=O)C1CC(=O)N(C2CCS(=O)(=O)C2)C1)C(N)=O. The predicted octanol–water partition coefficient (Wildman–Crippen LogP) is -1.60. The van der Waals surface area contributed by atoms with Gasteiger partial charge in [-0.2, -0.15) is 0 Å². The minimum absolute atomic E-state index is 0.0250. The van der Waals surface area contributed by atoms with Crippen molar-refractivity contribution in [2.24, 2.45) is 11.7 Å². The second-order valence-electron chi connectivity index (χ2n) is 6.48. The average Bonchev–Trinajstić information content (AvgIpc) is 2.91. The highest BCUT2D eigenvalue weighted by atomic mass is 32.2. The summed E-state index contributed by atoms with van der Waals surface area (Å²) in [6.45, 7) is 3.16. The minimum atomic E-state index is -3.09. The smallest absolute Gasteiger partial charge is 0.242 e. The number of nitrogens with zero attached hydrogens (tertiary/aromatic N) is 1. The van der Waals surface area contributed by atoms with E-state index in [9.17, 15) is 22.8 Å². The van der Waals surface area contributed by atoms with Crippen molar-refractivity contribution < 1.29 is 22.8 Å². The van der Waals surface area contributed by atoms with Crippen molar-refractivity contribution in [2.75, 3.05) is 18.1 Å². The molecule has 0 aromatic rings. The van der Waals surface area contributed by atoms with Crippen LogP contribution in [0, 0.1) is 5.92 Å². The van der Waals surface area contributed by atoms with E-state index in [1.54, 1.807) is 0 Å². The Hall–Kier alpha value is -1.64. The van der Waals surface area contributed by atoms with E-state index in [1.807, 2.05) is 0 Å². The van der Waals surface area contributed by atoms with Gasteiger partial charge >= 0.3 is 0 Å². The lowest BCUT2D eigenvalue weighted by Gasteiger charge is -2.25. The highest BCUT2D eigenvalue weighted by Gasteiger charge is 2.43. The maximum absolute atomic E-state index is 12.2. The molecule has 9 heteroatoms. The number of hydrogen-bond acceptors (Lipinski definition) is 5. The summed E-state index contributed by atoms with van der Waals surface area (Å²) in [7, 11) is -3.09. The molecule has 2 atom stereocenters. The molecule has 0 saturated carbocycles. The molecule has 2 saturated heterocycles. The van der Waals surface area contributed by atoms with E-state index in [1.165, 1.54) is 18.7 Å². The van der Waals surface area contributed by atoms with Gasteiger partial charge in [-0.05, 0) is 20.3 Å². The Morgan fingerprint density at radius 1 is 1.36 bits per heavy atom. The van der Waals surface area contributed by atoms with Gasteiger partial charge in [0.15, 0.2) is 9.84 Å². The number of nitrogens with one attached hydrogen (secondary N) is 1. The fourth-order valence-corrected chi connectivity index (χ4v) is 4.48. The molecule has 2 fully saturated rings. The van der Waals surface area contributed by atoms with E-state index in [0.717, 1.165) is 0 Å². The number of amides is 3. The summed E-state index contributed by atoms with van der Waals surface area (Å²) < 4.78 is 23.0. The summed E-state index contributed by atoms with van der Waals surface area (Å²) in [6.07, 6.45) is 0.437. The number of sulfone groups is 1. The van der Waals surface area contributed by atoms with Crippen LogP contribution >= 0.6 is 0 Å². The number of primary amides is 1. The molecule has 0 bridgehead atoms. The quantitative estimate of drug-likeness (QED) is 0.641. The predicted molar refractivity (Wildman–Crippen MR) is 78.3 cm³/mol. The zero-order valence-corrected chi connectivity index (χ0v) is 13.5. The Bertz CT molecular complexity index is 613. The van der Waals surface area contributed by atoms with Crippen molar-refractivity contribution in [1.82, 2.24) is 10.2 Å². The molecule has 0 radical (unpaired) electrons. The van der Waals surface area contributed by atoms with Crippen molar-refractivity contribution in [2.45, 2.75) is 38.3 Å². The van der Waals surface area contributed by atoms with E-state index >= 15 is 0 Å². The monoisotopic (exact) mass is 331 g/mol. The van der Waals surface area contributed by atoms with E-state index in [0.29, 0.717) is 6.42 Å². The van der Waals surface area contributed by atoms with E-state index in [-0.39, 0.29) is 36.4 Å². The molecule has 3 amide bonds. The average molecular weight is 331 g/mol. The number of hydrogen-bond donors (Lipinski definition) is 2.